The van der Waals surface area contributed by atoms with E-state index in [1.165, 1.54) is 37.8 Å². The van der Waals surface area contributed by atoms with Crippen LogP contribution in [0.25, 0.3) is 0 Å². The number of carbonyl (C=O) groups excluding carboxylic acids is 1. The molecule has 1 atom stereocenters. The molecule has 3 rings (SSSR count). The molecule has 1 heterocycles. The molecule has 1 aliphatic carbocycles. The lowest BCUT2D eigenvalue weighted by Crippen LogP contribution is -2.49. The van der Waals surface area contributed by atoms with Crippen molar-refractivity contribution in [1.82, 2.24) is 9.80 Å². The normalized spacial score (nSPS) is 18.1. The minimum Gasteiger partial charge on any atom is -0.449 e. The zero-order valence-corrected chi connectivity index (χ0v) is 17.3. The van der Waals surface area contributed by atoms with Crippen molar-refractivity contribution in [2.24, 2.45) is 5.92 Å². The van der Waals surface area contributed by atoms with E-state index in [1.54, 1.807) is 16.5 Å². The Morgan fingerprint density at radius 1 is 1.32 bits per heavy atom. The van der Waals surface area contributed by atoms with Gasteiger partial charge in [0.25, 0.3) is 5.91 Å². The molecule has 1 aliphatic heterocycles. The highest BCUT2D eigenvalue weighted by molar-refractivity contribution is 7.83. The molecule has 1 amide bonds. The molecule has 1 saturated heterocycles. The van der Waals surface area contributed by atoms with Crippen LogP contribution in [0, 0.1) is 11.7 Å². The van der Waals surface area contributed by atoms with Gasteiger partial charge in [-0.2, -0.15) is 16.4 Å². The molecule has 1 aromatic rings. The predicted molar refractivity (Wildman–Crippen MR) is 113 cm³/mol. The molecule has 154 valence electrons. The third-order valence-corrected chi connectivity index (χ3v) is 6.01. The number of halogens is 1. The molecule has 1 unspecified atom stereocenters. The number of piperazine rings is 1. The number of nitrogens with zero attached hydrogens (tertiary/aromatic N) is 2. The van der Waals surface area contributed by atoms with Crippen molar-refractivity contribution >= 4 is 28.0 Å². The number of allylic oxidation sites excluding steroid dienone is 2. The van der Waals surface area contributed by atoms with Gasteiger partial charge in [0.15, 0.2) is 0 Å². The summed E-state index contributed by atoms with van der Waals surface area (Å²) in [6, 6.07) is 4.18. The number of amides is 1. The van der Waals surface area contributed by atoms with E-state index in [0.29, 0.717) is 24.7 Å². The first-order valence-electron chi connectivity index (χ1n) is 9.93. The Labute approximate surface area is 168 Å². The van der Waals surface area contributed by atoms with Crippen LogP contribution in [0.4, 0.5) is 10.1 Å². The van der Waals surface area contributed by atoms with Crippen molar-refractivity contribution in [2.45, 2.75) is 32.6 Å². The lowest BCUT2D eigenvalue weighted by Gasteiger charge is -2.36. The molecule has 1 fully saturated rings. The maximum absolute atomic E-state index is 14.3. The van der Waals surface area contributed by atoms with E-state index in [4.69, 9.17) is 0 Å². The van der Waals surface area contributed by atoms with Crippen LogP contribution in [0.3, 0.4) is 0 Å². The van der Waals surface area contributed by atoms with Gasteiger partial charge in [0.05, 0.1) is 5.56 Å². The van der Waals surface area contributed by atoms with E-state index in [0.717, 1.165) is 19.6 Å². The highest BCUT2D eigenvalue weighted by Crippen LogP contribution is 2.27. The minimum atomic E-state index is -1.53. The Balaban J connectivity index is 1.51. The summed E-state index contributed by atoms with van der Waals surface area (Å²) in [5.41, 5.74) is 2.00. The molecule has 0 radical (unpaired) electrons. The average Bonchev–Trinajstić information content (AvgIpc) is 3.49. The summed E-state index contributed by atoms with van der Waals surface area (Å²) in [6.45, 7) is 6.20. The van der Waals surface area contributed by atoms with Crippen LogP contribution < -0.4 is 4.72 Å². The van der Waals surface area contributed by atoms with Crippen molar-refractivity contribution in [3.8, 4) is 0 Å². The summed E-state index contributed by atoms with van der Waals surface area (Å²) in [4.78, 5) is 16.8. The summed E-state index contributed by atoms with van der Waals surface area (Å²) < 4.78 is 27.9. The number of hydrogen-bond acceptors (Lipinski definition) is 4. The predicted octanol–water partition coefficient (Wildman–Crippen LogP) is 3.44. The van der Waals surface area contributed by atoms with Gasteiger partial charge in [0.1, 0.15) is 5.82 Å². The summed E-state index contributed by atoms with van der Waals surface area (Å²) in [6.07, 6.45) is 7.15. The highest BCUT2D eigenvalue weighted by Gasteiger charge is 2.25. The lowest BCUT2D eigenvalue weighted by molar-refractivity contribution is 0.0609. The zero-order valence-electron chi connectivity index (χ0n) is 16.5. The standard InChI is InChI=1S/C21H29FN3O2S/c1-3-16(4-5-17-6-7-17)15-24-10-12-25(13-11-24)21(26)19-9-8-18(14-20(19)22)23-28(2)27/h6,8-9,14,16H,2-5,7,10-13,15H2,1H3,(H,23,27)/q-1. The van der Waals surface area contributed by atoms with Crippen LogP contribution in [0.1, 0.15) is 43.0 Å². The molecule has 1 aromatic carbocycles. The van der Waals surface area contributed by atoms with Crippen molar-refractivity contribution in [3.05, 3.63) is 41.2 Å². The fourth-order valence-electron chi connectivity index (χ4n) is 3.64. The summed E-state index contributed by atoms with van der Waals surface area (Å²) in [5.74, 6) is 3.11. The molecule has 0 saturated carbocycles. The van der Waals surface area contributed by atoms with Gasteiger partial charge in [-0.1, -0.05) is 25.0 Å². The second-order valence-corrected chi connectivity index (χ2v) is 8.51. The fraction of sp³-hybridized carbons (Fsp3) is 0.524. The Hall–Kier alpha value is -1.86. The second kappa shape index (κ2) is 9.56. The molecule has 0 spiro atoms. The first-order valence-corrected chi connectivity index (χ1v) is 11.3. The lowest BCUT2D eigenvalue weighted by atomic mass is 9.98. The van der Waals surface area contributed by atoms with E-state index in [1.807, 2.05) is 0 Å². The third kappa shape index (κ3) is 5.82. The van der Waals surface area contributed by atoms with E-state index in [-0.39, 0.29) is 11.5 Å². The Morgan fingerprint density at radius 2 is 2.04 bits per heavy atom. The number of carbonyl (C=O) groups is 1. The monoisotopic (exact) mass is 406 g/mol. The molecule has 1 N–H and O–H groups in total. The number of rotatable bonds is 9. The maximum Gasteiger partial charge on any atom is 0.256 e. The van der Waals surface area contributed by atoms with Crippen molar-refractivity contribution < 1.29 is 13.4 Å². The molecule has 7 heteroatoms. The second-order valence-electron chi connectivity index (χ2n) is 7.61. The smallest absolute Gasteiger partial charge is 0.256 e. The molecular weight excluding hydrogens is 377 g/mol. The summed E-state index contributed by atoms with van der Waals surface area (Å²) >= 11 is 0. The molecular formula is C21H29FN3O2S-. The zero-order chi connectivity index (χ0) is 20.1. The van der Waals surface area contributed by atoms with Gasteiger partial charge in [-0.05, 0) is 43.4 Å². The Bertz CT molecular complexity index is 806. The number of benzene rings is 1. The van der Waals surface area contributed by atoms with E-state index >= 15 is 0 Å². The van der Waals surface area contributed by atoms with Crippen LogP contribution in [0.5, 0.6) is 0 Å². The van der Waals surface area contributed by atoms with Gasteiger partial charge in [0, 0.05) is 38.4 Å². The number of anilines is 1. The van der Waals surface area contributed by atoms with E-state index in [2.05, 4.69) is 28.5 Å². The Kier molecular flexibility index (Phi) is 7.13. The van der Waals surface area contributed by atoms with Gasteiger partial charge in [-0.3, -0.25) is 9.69 Å². The van der Waals surface area contributed by atoms with Crippen molar-refractivity contribution in [1.29, 1.82) is 0 Å². The van der Waals surface area contributed by atoms with Gasteiger partial charge >= 0.3 is 0 Å². The quantitative estimate of drug-likeness (QED) is 0.388. The molecule has 2 aliphatic rings. The molecule has 5 nitrogen and oxygen atoms in total. The SMILES string of the molecule is C=[S-](=O)Nc1ccc(C(=O)N2CCN(CC(CC)CCC3=CC3)CC2)c(F)c1. The number of hydrogen-bond donors (Lipinski definition) is 1. The fourth-order valence-corrected chi connectivity index (χ4v) is 4.03. The Morgan fingerprint density at radius 3 is 2.61 bits per heavy atom. The third-order valence-electron chi connectivity index (χ3n) is 5.55. The van der Waals surface area contributed by atoms with Gasteiger partial charge in [-0.25, -0.2) is 4.39 Å². The van der Waals surface area contributed by atoms with Gasteiger partial charge in [0.2, 0.25) is 0 Å². The summed E-state index contributed by atoms with van der Waals surface area (Å²) in [5, 5.41) is 0. The first-order chi connectivity index (χ1) is 13.5. The molecule has 0 aromatic heterocycles. The van der Waals surface area contributed by atoms with Crippen LogP contribution in [-0.4, -0.2) is 54.3 Å². The van der Waals surface area contributed by atoms with E-state index in [9.17, 15) is 13.4 Å². The van der Waals surface area contributed by atoms with Crippen LogP contribution in [-0.2, 0) is 14.8 Å². The minimum absolute atomic E-state index is 0.0537. The van der Waals surface area contributed by atoms with E-state index < -0.39 is 16.4 Å². The van der Waals surface area contributed by atoms with Crippen LogP contribution in [0.2, 0.25) is 0 Å². The molecule has 28 heavy (non-hydrogen) atoms. The van der Waals surface area contributed by atoms with Crippen LogP contribution >= 0.6 is 0 Å². The van der Waals surface area contributed by atoms with Crippen LogP contribution in [0.15, 0.2) is 29.8 Å². The van der Waals surface area contributed by atoms with Crippen molar-refractivity contribution in [2.75, 3.05) is 37.4 Å². The molecule has 0 bridgehead atoms. The van der Waals surface area contributed by atoms with Gasteiger partial charge in [-0.15, -0.1) is 0 Å². The first kappa shape index (κ1) is 20.9. The van der Waals surface area contributed by atoms with Crippen molar-refractivity contribution in [3.63, 3.8) is 0 Å². The number of nitrogens with one attached hydrogen (secondary N) is 1. The maximum atomic E-state index is 14.3. The topological polar surface area (TPSA) is 52.7 Å². The average molecular weight is 407 g/mol. The van der Waals surface area contributed by atoms with Gasteiger partial charge < -0.3 is 13.8 Å². The largest absolute Gasteiger partial charge is 0.449 e. The highest BCUT2D eigenvalue weighted by atomic mass is 32.2. The summed E-state index contributed by atoms with van der Waals surface area (Å²) in [7, 11) is -1.53.